The molecule has 3 nitrogen and oxygen atoms in total. The number of hydrogen-bond donors (Lipinski definition) is 0. The zero-order chi connectivity index (χ0) is 14.4. The van der Waals surface area contributed by atoms with E-state index in [0.29, 0.717) is 11.8 Å². The van der Waals surface area contributed by atoms with Crippen LogP contribution in [0.3, 0.4) is 0 Å². The Bertz CT molecular complexity index is 694. The highest BCUT2D eigenvalue weighted by Gasteiger charge is 2.72. The van der Waals surface area contributed by atoms with Crippen molar-refractivity contribution in [1.29, 1.82) is 0 Å². The summed E-state index contributed by atoms with van der Waals surface area (Å²) >= 11 is 0. The Morgan fingerprint density at radius 3 is 2.62 bits per heavy atom. The summed E-state index contributed by atoms with van der Waals surface area (Å²) in [7, 11) is 0. The maximum absolute atomic E-state index is 13.1. The van der Waals surface area contributed by atoms with Gasteiger partial charge in [0.05, 0.1) is 17.0 Å². The number of benzene rings is 1. The summed E-state index contributed by atoms with van der Waals surface area (Å²) in [5.41, 5.74) is 0.195. The number of rotatable bonds is 1. The molecule has 6 atom stereocenters. The van der Waals surface area contributed by atoms with Crippen LogP contribution in [0.15, 0.2) is 42.5 Å². The molecule has 0 radical (unpaired) electrons. The van der Waals surface area contributed by atoms with Crippen LogP contribution in [0, 0.1) is 35.0 Å². The van der Waals surface area contributed by atoms with Gasteiger partial charge >= 0.3 is 0 Å². The molecule has 2 amide bonds. The van der Waals surface area contributed by atoms with Gasteiger partial charge in [0.15, 0.2) is 0 Å². The molecule has 2 bridgehead atoms. The van der Waals surface area contributed by atoms with E-state index >= 15 is 0 Å². The number of carbonyl (C=O) groups is 2. The first-order valence-corrected chi connectivity index (χ1v) is 7.76. The van der Waals surface area contributed by atoms with Gasteiger partial charge in [-0.1, -0.05) is 30.4 Å². The van der Waals surface area contributed by atoms with Crippen molar-refractivity contribution in [2.24, 2.45) is 35.0 Å². The normalized spacial score (nSPS) is 45.8. The molecule has 1 heterocycles. The Morgan fingerprint density at radius 2 is 1.86 bits per heavy atom. The molecule has 5 aliphatic rings. The van der Waals surface area contributed by atoms with Crippen LogP contribution in [0.2, 0.25) is 0 Å². The second-order valence-corrected chi connectivity index (χ2v) is 7.13. The lowest BCUT2D eigenvalue weighted by Gasteiger charge is -2.45. The lowest BCUT2D eigenvalue weighted by atomic mass is 9.55. The molecule has 6 rings (SSSR count). The number of para-hydroxylation sites is 1. The lowest BCUT2D eigenvalue weighted by molar-refractivity contribution is -0.134. The summed E-state index contributed by atoms with van der Waals surface area (Å²) in [6.45, 7) is 2.02. The molecule has 3 fully saturated rings. The van der Waals surface area contributed by atoms with Gasteiger partial charge in [-0.25, -0.2) is 4.90 Å². The maximum atomic E-state index is 13.1. The van der Waals surface area contributed by atoms with Crippen molar-refractivity contribution >= 4 is 17.5 Å². The summed E-state index contributed by atoms with van der Waals surface area (Å²) in [5.74, 6) is 1.67. The Balaban J connectivity index is 1.66. The van der Waals surface area contributed by atoms with Crippen LogP contribution in [0.1, 0.15) is 13.3 Å². The molecule has 0 spiro atoms. The third-order valence-corrected chi connectivity index (χ3v) is 6.28. The number of amides is 2. The summed E-state index contributed by atoms with van der Waals surface area (Å²) in [5, 5.41) is 0. The topological polar surface area (TPSA) is 37.4 Å². The fourth-order valence-electron chi connectivity index (χ4n) is 5.23. The van der Waals surface area contributed by atoms with Gasteiger partial charge in [-0.2, -0.15) is 0 Å². The van der Waals surface area contributed by atoms with E-state index in [0.717, 1.165) is 5.69 Å². The smallest absolute Gasteiger partial charge is 0.241 e. The monoisotopic (exact) mass is 279 g/mol. The maximum Gasteiger partial charge on any atom is 0.241 e. The Kier molecular flexibility index (Phi) is 1.93. The standard InChI is InChI=1S/C18H17NO2/c1-18-14-8-7-11(12-9-13(12)14)15(18)16(20)19(17(18)21)10-5-3-2-4-6-10/h2-8,11-15H,9H2,1H3/t11-,12+,13-,14-,15-,18+/m0/s1. The van der Waals surface area contributed by atoms with Crippen LogP contribution < -0.4 is 4.90 Å². The Hall–Kier alpha value is -1.90. The van der Waals surface area contributed by atoms with Crippen molar-refractivity contribution in [2.45, 2.75) is 13.3 Å². The molecular formula is C18H17NO2. The second kappa shape index (κ2) is 3.46. The highest BCUT2D eigenvalue weighted by molar-refractivity contribution is 6.24. The minimum absolute atomic E-state index is 0.00778. The zero-order valence-corrected chi connectivity index (χ0v) is 11.9. The minimum Gasteiger partial charge on any atom is -0.274 e. The average molecular weight is 279 g/mol. The molecule has 0 N–H and O–H groups in total. The molecule has 1 aromatic rings. The highest BCUT2D eigenvalue weighted by atomic mass is 16.2. The Labute approximate surface area is 123 Å². The number of carbonyl (C=O) groups excluding carboxylic acids is 2. The van der Waals surface area contributed by atoms with Gasteiger partial charge in [0.1, 0.15) is 0 Å². The van der Waals surface area contributed by atoms with E-state index in [4.69, 9.17) is 0 Å². The lowest BCUT2D eigenvalue weighted by Crippen LogP contribution is -2.49. The van der Waals surface area contributed by atoms with Gasteiger partial charge in [-0.05, 0) is 49.1 Å². The number of hydrogen-bond acceptors (Lipinski definition) is 2. The molecule has 2 saturated carbocycles. The largest absolute Gasteiger partial charge is 0.274 e. The predicted molar refractivity (Wildman–Crippen MR) is 78.2 cm³/mol. The first-order chi connectivity index (χ1) is 10.1. The first-order valence-electron chi connectivity index (χ1n) is 7.76. The van der Waals surface area contributed by atoms with E-state index in [1.807, 2.05) is 37.3 Å². The van der Waals surface area contributed by atoms with E-state index in [1.54, 1.807) is 0 Å². The van der Waals surface area contributed by atoms with Crippen molar-refractivity contribution in [3.8, 4) is 0 Å². The molecule has 0 aromatic heterocycles. The van der Waals surface area contributed by atoms with Crippen LogP contribution in [0.4, 0.5) is 5.69 Å². The molecule has 3 heteroatoms. The quantitative estimate of drug-likeness (QED) is 0.585. The van der Waals surface area contributed by atoms with Crippen molar-refractivity contribution in [2.75, 3.05) is 4.90 Å². The number of imide groups is 1. The van der Waals surface area contributed by atoms with Crippen molar-refractivity contribution in [1.82, 2.24) is 0 Å². The van der Waals surface area contributed by atoms with Crippen molar-refractivity contribution in [3.05, 3.63) is 42.5 Å². The third-order valence-electron chi connectivity index (χ3n) is 6.28. The number of nitrogens with zero attached hydrogens (tertiary/aromatic N) is 1. The number of allylic oxidation sites excluding steroid dienone is 2. The molecule has 106 valence electrons. The number of anilines is 1. The zero-order valence-electron chi connectivity index (χ0n) is 11.9. The van der Waals surface area contributed by atoms with Crippen molar-refractivity contribution < 1.29 is 9.59 Å². The van der Waals surface area contributed by atoms with Gasteiger partial charge in [0.25, 0.3) is 0 Å². The fraction of sp³-hybridized carbons (Fsp3) is 0.444. The van der Waals surface area contributed by atoms with E-state index in [1.165, 1.54) is 11.3 Å². The minimum atomic E-state index is -0.524. The van der Waals surface area contributed by atoms with Gasteiger partial charge in [-0.3, -0.25) is 9.59 Å². The van der Waals surface area contributed by atoms with Crippen molar-refractivity contribution in [3.63, 3.8) is 0 Å². The summed E-state index contributed by atoms with van der Waals surface area (Å²) in [4.78, 5) is 27.5. The molecule has 4 aliphatic carbocycles. The SMILES string of the molecule is C[C@]12C(=O)N(c3ccccc3)C(=O)[C@@H]1[C@H]1C=C[C@H]2[C@H]2C[C@H]12. The van der Waals surface area contributed by atoms with Crippen LogP contribution in [0.5, 0.6) is 0 Å². The molecular weight excluding hydrogens is 262 g/mol. The van der Waals surface area contributed by atoms with Gasteiger partial charge in [0.2, 0.25) is 11.8 Å². The predicted octanol–water partition coefficient (Wildman–Crippen LogP) is 2.63. The molecule has 1 saturated heterocycles. The van der Waals surface area contributed by atoms with Gasteiger partial charge in [-0.15, -0.1) is 0 Å². The van der Waals surface area contributed by atoms with Crippen LogP contribution >= 0.6 is 0 Å². The van der Waals surface area contributed by atoms with Crippen LogP contribution in [-0.4, -0.2) is 11.8 Å². The summed E-state index contributed by atoms with van der Waals surface area (Å²) < 4.78 is 0. The second-order valence-electron chi connectivity index (χ2n) is 7.13. The van der Waals surface area contributed by atoms with Crippen LogP contribution in [0.25, 0.3) is 0 Å². The highest BCUT2D eigenvalue weighted by Crippen LogP contribution is 2.70. The Morgan fingerprint density at radius 1 is 1.10 bits per heavy atom. The first kappa shape index (κ1) is 11.7. The van der Waals surface area contributed by atoms with E-state index < -0.39 is 5.41 Å². The van der Waals surface area contributed by atoms with E-state index in [2.05, 4.69) is 12.2 Å². The fourth-order valence-corrected chi connectivity index (χ4v) is 5.23. The average Bonchev–Trinajstić information content (AvgIpc) is 3.26. The molecule has 1 aliphatic heterocycles. The van der Waals surface area contributed by atoms with Gasteiger partial charge in [0, 0.05) is 0 Å². The molecule has 21 heavy (non-hydrogen) atoms. The van der Waals surface area contributed by atoms with E-state index in [-0.39, 0.29) is 29.6 Å². The van der Waals surface area contributed by atoms with Crippen LogP contribution in [-0.2, 0) is 9.59 Å². The third kappa shape index (κ3) is 1.18. The molecule has 1 aromatic carbocycles. The summed E-state index contributed by atoms with van der Waals surface area (Å²) in [6, 6.07) is 9.37. The van der Waals surface area contributed by atoms with Gasteiger partial charge < -0.3 is 0 Å². The molecule has 0 unspecified atom stereocenters. The van der Waals surface area contributed by atoms with E-state index in [9.17, 15) is 9.59 Å². The summed E-state index contributed by atoms with van der Waals surface area (Å²) in [6.07, 6.45) is 5.63.